The van der Waals surface area contributed by atoms with Crippen molar-refractivity contribution in [2.45, 2.75) is 6.42 Å². The maximum Gasteiger partial charge on any atom is 0.157 e. The normalized spacial score (nSPS) is 13.5. The topological polar surface area (TPSA) is 59.7 Å². The van der Waals surface area contributed by atoms with Gasteiger partial charge in [0.25, 0.3) is 0 Å². The van der Waals surface area contributed by atoms with Crippen molar-refractivity contribution in [1.29, 1.82) is 0 Å². The fraction of sp³-hybridized carbons (Fsp3) is 0.200. The van der Waals surface area contributed by atoms with E-state index >= 15 is 0 Å². The van der Waals surface area contributed by atoms with Crippen LogP contribution in [0.5, 0.6) is 0 Å². The Morgan fingerprint density at radius 3 is 2.95 bits per heavy atom. The van der Waals surface area contributed by atoms with Crippen molar-refractivity contribution in [3.8, 4) is 17.1 Å². The molecule has 0 saturated carbocycles. The Bertz CT molecular complexity index is 781. The highest BCUT2D eigenvalue weighted by Gasteiger charge is 2.18. The highest BCUT2D eigenvalue weighted by molar-refractivity contribution is 5.65. The van der Waals surface area contributed by atoms with Crippen LogP contribution in [0.2, 0.25) is 0 Å². The molecule has 0 unspecified atom stereocenters. The lowest BCUT2D eigenvalue weighted by atomic mass is 10.1. The van der Waals surface area contributed by atoms with E-state index in [0.29, 0.717) is 0 Å². The van der Waals surface area contributed by atoms with E-state index in [0.717, 1.165) is 35.9 Å². The van der Waals surface area contributed by atoms with E-state index in [1.807, 2.05) is 24.5 Å². The molecule has 0 N–H and O–H groups in total. The highest BCUT2D eigenvalue weighted by Crippen LogP contribution is 2.28. The van der Waals surface area contributed by atoms with Crippen molar-refractivity contribution in [3.63, 3.8) is 0 Å². The Labute approximate surface area is 122 Å². The molecule has 0 fully saturated rings. The van der Waals surface area contributed by atoms with E-state index in [1.54, 1.807) is 17.2 Å². The molecule has 0 amide bonds. The first kappa shape index (κ1) is 12.0. The van der Waals surface area contributed by atoms with Gasteiger partial charge < -0.3 is 4.90 Å². The molecule has 6 heteroatoms. The summed E-state index contributed by atoms with van der Waals surface area (Å²) < 4.78 is 1.72. The second-order valence-corrected chi connectivity index (χ2v) is 5.09. The molecule has 3 aromatic rings. The van der Waals surface area contributed by atoms with Crippen LogP contribution in [-0.2, 0) is 6.42 Å². The first-order valence-electron chi connectivity index (χ1n) is 6.84. The molecule has 0 aromatic carbocycles. The van der Waals surface area contributed by atoms with E-state index in [2.05, 4.69) is 38.1 Å². The van der Waals surface area contributed by atoms with Gasteiger partial charge in [-0.1, -0.05) is 0 Å². The van der Waals surface area contributed by atoms with Crippen molar-refractivity contribution < 1.29 is 0 Å². The van der Waals surface area contributed by atoms with Crippen LogP contribution in [0, 0.1) is 0 Å². The van der Waals surface area contributed by atoms with Gasteiger partial charge in [-0.05, 0) is 24.1 Å². The SMILES string of the molecule is CN1CCc2cc(-c3cc(-n4cccn4)ncn3)cnc21. The van der Waals surface area contributed by atoms with Crippen LogP contribution in [0.4, 0.5) is 5.82 Å². The van der Waals surface area contributed by atoms with Gasteiger partial charge in [0.15, 0.2) is 5.82 Å². The molecule has 0 spiro atoms. The summed E-state index contributed by atoms with van der Waals surface area (Å²) in [5, 5.41) is 4.19. The number of aromatic nitrogens is 5. The number of anilines is 1. The van der Waals surface area contributed by atoms with Crippen molar-refractivity contribution in [2.75, 3.05) is 18.5 Å². The fourth-order valence-electron chi connectivity index (χ4n) is 2.60. The van der Waals surface area contributed by atoms with Crippen LogP contribution in [0.25, 0.3) is 17.1 Å². The lowest BCUT2D eigenvalue weighted by molar-refractivity contribution is 0.840. The summed E-state index contributed by atoms with van der Waals surface area (Å²) in [6.45, 7) is 1.02. The third-order valence-corrected chi connectivity index (χ3v) is 3.71. The van der Waals surface area contributed by atoms with E-state index < -0.39 is 0 Å². The van der Waals surface area contributed by atoms with Crippen molar-refractivity contribution in [1.82, 2.24) is 24.7 Å². The van der Waals surface area contributed by atoms with Gasteiger partial charge in [-0.3, -0.25) is 0 Å². The van der Waals surface area contributed by atoms with Gasteiger partial charge in [0.1, 0.15) is 12.1 Å². The van der Waals surface area contributed by atoms with Crippen LogP contribution < -0.4 is 4.90 Å². The third-order valence-electron chi connectivity index (χ3n) is 3.71. The van der Waals surface area contributed by atoms with Crippen LogP contribution >= 0.6 is 0 Å². The first-order valence-corrected chi connectivity index (χ1v) is 6.84. The molecule has 1 aliphatic rings. The summed E-state index contributed by atoms with van der Waals surface area (Å²) in [6, 6.07) is 5.96. The maximum atomic E-state index is 4.55. The second kappa shape index (κ2) is 4.66. The van der Waals surface area contributed by atoms with Gasteiger partial charge >= 0.3 is 0 Å². The number of rotatable bonds is 2. The van der Waals surface area contributed by atoms with Crippen molar-refractivity contribution in [3.05, 3.63) is 48.7 Å². The number of fused-ring (bicyclic) bond motifs is 1. The molecule has 6 nitrogen and oxygen atoms in total. The smallest absolute Gasteiger partial charge is 0.157 e. The number of pyridine rings is 1. The Balaban J connectivity index is 1.76. The van der Waals surface area contributed by atoms with Gasteiger partial charge in [0, 0.05) is 43.8 Å². The Morgan fingerprint density at radius 1 is 1.14 bits per heavy atom. The average Bonchev–Trinajstić information content (AvgIpc) is 3.18. The van der Waals surface area contributed by atoms with Gasteiger partial charge in [-0.15, -0.1) is 0 Å². The molecule has 4 heterocycles. The lowest BCUT2D eigenvalue weighted by Crippen LogP contribution is -2.13. The summed E-state index contributed by atoms with van der Waals surface area (Å²) in [5.41, 5.74) is 3.15. The van der Waals surface area contributed by atoms with E-state index in [1.165, 1.54) is 5.56 Å². The van der Waals surface area contributed by atoms with Crippen molar-refractivity contribution >= 4 is 5.82 Å². The maximum absolute atomic E-state index is 4.55. The predicted molar refractivity (Wildman–Crippen MR) is 79.4 cm³/mol. The largest absolute Gasteiger partial charge is 0.359 e. The minimum Gasteiger partial charge on any atom is -0.359 e. The summed E-state index contributed by atoms with van der Waals surface area (Å²) in [5.74, 6) is 1.82. The summed E-state index contributed by atoms with van der Waals surface area (Å²) >= 11 is 0. The second-order valence-electron chi connectivity index (χ2n) is 5.09. The Kier molecular flexibility index (Phi) is 2.67. The first-order chi connectivity index (χ1) is 10.3. The van der Waals surface area contributed by atoms with E-state index in [-0.39, 0.29) is 0 Å². The molecule has 3 aromatic heterocycles. The summed E-state index contributed by atoms with van der Waals surface area (Å²) in [6.07, 6.45) is 8.06. The van der Waals surface area contributed by atoms with Crippen LogP contribution in [-0.4, -0.2) is 38.3 Å². The van der Waals surface area contributed by atoms with Crippen LogP contribution in [0.15, 0.2) is 43.1 Å². The van der Waals surface area contributed by atoms with Gasteiger partial charge in [0.05, 0.1) is 5.69 Å². The average molecular weight is 278 g/mol. The third kappa shape index (κ3) is 2.05. The zero-order valence-corrected chi connectivity index (χ0v) is 11.6. The number of hydrogen-bond acceptors (Lipinski definition) is 5. The van der Waals surface area contributed by atoms with Gasteiger partial charge in [-0.25, -0.2) is 19.6 Å². The molecular formula is C15H14N6. The van der Waals surface area contributed by atoms with E-state index in [9.17, 15) is 0 Å². The molecule has 1 aliphatic heterocycles. The number of likely N-dealkylation sites (N-methyl/N-ethyl adjacent to an activating group) is 1. The number of nitrogens with zero attached hydrogens (tertiary/aromatic N) is 6. The minimum atomic E-state index is 0.752. The Morgan fingerprint density at radius 2 is 2.10 bits per heavy atom. The molecule has 0 bridgehead atoms. The predicted octanol–water partition coefficient (Wildman–Crippen LogP) is 1.72. The standard InChI is InChI=1S/C15H14N6/c1-20-6-3-11-7-12(9-16-15(11)20)13-8-14(18-10-17-13)21-5-2-4-19-21/h2,4-5,7-10H,3,6H2,1H3. The quantitative estimate of drug-likeness (QED) is 0.714. The molecule has 104 valence electrons. The molecule has 0 atom stereocenters. The van der Waals surface area contributed by atoms with Gasteiger partial charge in [0.2, 0.25) is 0 Å². The molecule has 0 radical (unpaired) electrons. The zero-order chi connectivity index (χ0) is 14.2. The van der Waals surface area contributed by atoms with Gasteiger partial charge in [-0.2, -0.15) is 5.10 Å². The van der Waals surface area contributed by atoms with Crippen molar-refractivity contribution in [2.24, 2.45) is 0 Å². The highest BCUT2D eigenvalue weighted by atomic mass is 15.3. The molecule has 21 heavy (non-hydrogen) atoms. The summed E-state index contributed by atoms with van der Waals surface area (Å²) in [4.78, 5) is 15.3. The molecule has 4 rings (SSSR count). The number of hydrogen-bond donors (Lipinski definition) is 0. The molecule has 0 saturated heterocycles. The zero-order valence-electron chi connectivity index (χ0n) is 11.6. The van der Waals surface area contributed by atoms with E-state index in [4.69, 9.17) is 0 Å². The molecular weight excluding hydrogens is 264 g/mol. The van der Waals surface area contributed by atoms with Crippen LogP contribution in [0.3, 0.4) is 0 Å². The minimum absolute atomic E-state index is 0.752. The lowest BCUT2D eigenvalue weighted by Gasteiger charge is -2.10. The monoisotopic (exact) mass is 278 g/mol. The van der Waals surface area contributed by atoms with Crippen LogP contribution in [0.1, 0.15) is 5.56 Å². The fourth-order valence-corrected chi connectivity index (χ4v) is 2.60. The molecule has 0 aliphatic carbocycles. The Hall–Kier alpha value is -2.76. The summed E-state index contributed by atoms with van der Waals surface area (Å²) in [7, 11) is 2.07.